The molecule has 7 heteroatoms. The van der Waals surface area contributed by atoms with Crippen molar-refractivity contribution in [1.82, 2.24) is 10.3 Å². The molecule has 0 bridgehead atoms. The number of ether oxygens (including phenoxy) is 2. The van der Waals surface area contributed by atoms with Gasteiger partial charge in [-0.25, -0.2) is 9.42 Å². The van der Waals surface area contributed by atoms with E-state index in [1.807, 2.05) is 20.8 Å². The van der Waals surface area contributed by atoms with Crippen molar-refractivity contribution < 1.29 is 18.9 Å². The molecule has 0 fully saturated rings. The predicted octanol–water partition coefficient (Wildman–Crippen LogP) is 1.56. The number of anilines is 1. The van der Waals surface area contributed by atoms with Crippen molar-refractivity contribution in [3.05, 3.63) is 5.69 Å². The number of hydrogen-bond acceptors (Lipinski definition) is 6. The van der Waals surface area contributed by atoms with Crippen LogP contribution in [0.25, 0.3) is 0 Å². The van der Waals surface area contributed by atoms with Crippen LogP contribution in [-0.2, 0) is 14.9 Å². The van der Waals surface area contributed by atoms with E-state index in [4.69, 9.17) is 9.47 Å². The number of aromatic nitrogens is 2. The van der Waals surface area contributed by atoms with Crippen LogP contribution in [-0.4, -0.2) is 36.7 Å². The van der Waals surface area contributed by atoms with Crippen LogP contribution in [0, 0.1) is 0 Å². The summed E-state index contributed by atoms with van der Waals surface area (Å²) < 4.78 is 14.2. The van der Waals surface area contributed by atoms with E-state index in [-0.39, 0.29) is 17.8 Å². The van der Waals surface area contributed by atoms with Crippen molar-refractivity contribution in [3.8, 4) is 0 Å². The van der Waals surface area contributed by atoms with Gasteiger partial charge in [0.1, 0.15) is 12.3 Å². The van der Waals surface area contributed by atoms with E-state index in [1.165, 1.54) is 7.11 Å². The molecular weight excluding hydrogens is 226 g/mol. The highest BCUT2D eigenvalue weighted by Crippen LogP contribution is 2.25. The number of nitrogens with one attached hydrogen (secondary N) is 1. The van der Waals surface area contributed by atoms with Crippen LogP contribution in [0.2, 0.25) is 0 Å². The Bertz CT molecular complexity index is 370. The first-order valence-electron chi connectivity index (χ1n) is 5.21. The second-order valence-electron chi connectivity index (χ2n) is 4.47. The summed E-state index contributed by atoms with van der Waals surface area (Å²) in [6, 6.07) is 0. The van der Waals surface area contributed by atoms with Crippen LogP contribution < -0.4 is 5.32 Å². The van der Waals surface area contributed by atoms with Gasteiger partial charge in [-0.2, -0.15) is 0 Å². The van der Waals surface area contributed by atoms with Crippen LogP contribution in [0.1, 0.15) is 26.5 Å². The molecule has 1 amide bonds. The van der Waals surface area contributed by atoms with Crippen LogP contribution in [0.15, 0.2) is 4.63 Å². The van der Waals surface area contributed by atoms with E-state index in [1.54, 1.807) is 0 Å². The number of amides is 1. The van der Waals surface area contributed by atoms with Gasteiger partial charge in [-0.3, -0.25) is 5.32 Å². The van der Waals surface area contributed by atoms with E-state index < -0.39 is 6.09 Å². The average molecular weight is 243 g/mol. The summed E-state index contributed by atoms with van der Waals surface area (Å²) in [7, 11) is 1.53. The molecule has 0 aliphatic heterocycles. The lowest BCUT2D eigenvalue weighted by atomic mass is 9.92. The van der Waals surface area contributed by atoms with Crippen LogP contribution >= 0.6 is 0 Å². The molecule has 17 heavy (non-hydrogen) atoms. The first-order valence-corrected chi connectivity index (χ1v) is 5.21. The summed E-state index contributed by atoms with van der Waals surface area (Å²) in [5, 5.41) is 9.85. The third-order valence-electron chi connectivity index (χ3n) is 1.94. The van der Waals surface area contributed by atoms with Gasteiger partial charge in [0.05, 0.1) is 6.61 Å². The molecular formula is C10H17N3O4. The fraction of sp³-hybridized carbons (Fsp3) is 0.700. The first-order chi connectivity index (χ1) is 7.95. The highest BCUT2D eigenvalue weighted by Gasteiger charge is 2.25. The Kier molecular flexibility index (Phi) is 4.45. The fourth-order valence-corrected chi connectivity index (χ4v) is 1.11. The average Bonchev–Trinajstić information content (AvgIpc) is 2.65. The number of rotatable bonds is 4. The van der Waals surface area contributed by atoms with Gasteiger partial charge in [-0.1, -0.05) is 25.9 Å². The van der Waals surface area contributed by atoms with E-state index in [2.05, 4.69) is 20.3 Å². The Morgan fingerprint density at radius 1 is 1.35 bits per heavy atom. The van der Waals surface area contributed by atoms with E-state index in [0.717, 1.165) is 0 Å². The molecule has 1 N–H and O–H groups in total. The molecule has 0 aromatic carbocycles. The molecule has 0 spiro atoms. The number of methoxy groups -OCH3 is 1. The summed E-state index contributed by atoms with van der Waals surface area (Å²) in [6.45, 7) is 6.34. The molecule has 0 aliphatic rings. The standard InChI is InChI=1S/C10H17N3O4/c1-10(2,3)7-8(13-17-12-7)11-9(14)16-6-5-15-4/h5-6H2,1-4H3,(H,11,13,14). The van der Waals surface area contributed by atoms with Crippen molar-refractivity contribution in [1.29, 1.82) is 0 Å². The van der Waals surface area contributed by atoms with E-state index in [9.17, 15) is 4.79 Å². The normalized spacial score (nSPS) is 11.3. The predicted molar refractivity (Wildman–Crippen MR) is 59.8 cm³/mol. The lowest BCUT2D eigenvalue weighted by Gasteiger charge is -2.15. The van der Waals surface area contributed by atoms with E-state index in [0.29, 0.717) is 12.3 Å². The van der Waals surface area contributed by atoms with Crippen molar-refractivity contribution in [2.24, 2.45) is 0 Å². The van der Waals surface area contributed by atoms with Crippen molar-refractivity contribution in [2.75, 3.05) is 25.6 Å². The lowest BCUT2D eigenvalue weighted by Crippen LogP contribution is -2.20. The second kappa shape index (κ2) is 5.62. The molecule has 1 aromatic rings. The molecule has 0 saturated heterocycles. The van der Waals surface area contributed by atoms with Crippen LogP contribution in [0.3, 0.4) is 0 Å². The van der Waals surface area contributed by atoms with Gasteiger partial charge >= 0.3 is 6.09 Å². The quantitative estimate of drug-likeness (QED) is 0.807. The van der Waals surface area contributed by atoms with Gasteiger partial charge in [-0.15, -0.1) is 0 Å². The number of nitrogens with zero attached hydrogens (tertiary/aromatic N) is 2. The van der Waals surface area contributed by atoms with Crippen molar-refractivity contribution in [2.45, 2.75) is 26.2 Å². The number of hydrogen-bond donors (Lipinski definition) is 1. The first kappa shape index (κ1) is 13.4. The van der Waals surface area contributed by atoms with Crippen molar-refractivity contribution >= 4 is 11.9 Å². The Hall–Kier alpha value is -1.63. The van der Waals surface area contributed by atoms with E-state index >= 15 is 0 Å². The Morgan fingerprint density at radius 3 is 2.65 bits per heavy atom. The zero-order valence-electron chi connectivity index (χ0n) is 10.4. The van der Waals surface area contributed by atoms with Gasteiger partial charge in [-0.05, 0) is 5.16 Å². The highest BCUT2D eigenvalue weighted by molar-refractivity contribution is 5.83. The summed E-state index contributed by atoms with van der Waals surface area (Å²) >= 11 is 0. The monoisotopic (exact) mass is 243 g/mol. The third kappa shape index (κ3) is 4.03. The highest BCUT2D eigenvalue weighted by atomic mass is 16.6. The number of carbonyl (C=O) groups is 1. The summed E-state index contributed by atoms with van der Waals surface area (Å²) in [4.78, 5) is 11.4. The molecule has 7 nitrogen and oxygen atoms in total. The van der Waals surface area contributed by atoms with Crippen molar-refractivity contribution in [3.63, 3.8) is 0 Å². The maximum Gasteiger partial charge on any atom is 0.413 e. The smallest absolute Gasteiger partial charge is 0.413 e. The fourth-order valence-electron chi connectivity index (χ4n) is 1.11. The second-order valence-corrected chi connectivity index (χ2v) is 4.47. The summed E-state index contributed by atoms with van der Waals surface area (Å²) in [6.07, 6.45) is -0.608. The van der Waals surface area contributed by atoms with Gasteiger partial charge in [0.25, 0.3) is 0 Å². The van der Waals surface area contributed by atoms with Crippen LogP contribution in [0.4, 0.5) is 10.6 Å². The largest absolute Gasteiger partial charge is 0.447 e. The van der Waals surface area contributed by atoms with Gasteiger partial charge in [0.15, 0.2) is 0 Å². The van der Waals surface area contributed by atoms with Crippen LogP contribution in [0.5, 0.6) is 0 Å². The molecule has 0 radical (unpaired) electrons. The molecule has 0 atom stereocenters. The minimum atomic E-state index is -0.608. The molecule has 1 rings (SSSR count). The Labute approximate surface area is 99.4 Å². The number of carbonyl (C=O) groups excluding carboxylic acids is 1. The molecule has 1 heterocycles. The summed E-state index contributed by atoms with van der Waals surface area (Å²) in [5.41, 5.74) is 0.302. The molecule has 96 valence electrons. The molecule has 0 unspecified atom stereocenters. The maximum atomic E-state index is 11.4. The van der Waals surface area contributed by atoms with Gasteiger partial charge in [0.2, 0.25) is 5.82 Å². The maximum absolute atomic E-state index is 11.4. The lowest BCUT2D eigenvalue weighted by molar-refractivity contribution is 0.107. The molecule has 0 saturated carbocycles. The SMILES string of the molecule is COCCOC(=O)Nc1nonc1C(C)(C)C. The third-order valence-corrected chi connectivity index (χ3v) is 1.94. The summed E-state index contributed by atoms with van der Waals surface area (Å²) in [5.74, 6) is 0.278. The topological polar surface area (TPSA) is 86.5 Å². The minimum absolute atomic E-state index is 0.179. The Morgan fingerprint density at radius 2 is 2.06 bits per heavy atom. The Balaban J connectivity index is 2.57. The zero-order valence-corrected chi connectivity index (χ0v) is 10.4. The van der Waals surface area contributed by atoms with Gasteiger partial charge in [0, 0.05) is 12.5 Å². The minimum Gasteiger partial charge on any atom is -0.447 e. The zero-order chi connectivity index (χ0) is 12.9. The molecule has 1 aromatic heterocycles. The van der Waals surface area contributed by atoms with Gasteiger partial charge < -0.3 is 9.47 Å². The molecule has 0 aliphatic carbocycles.